The highest BCUT2D eigenvalue weighted by Crippen LogP contribution is 2.30. The quantitative estimate of drug-likeness (QED) is 0.824. The molecule has 0 aromatic heterocycles. The Bertz CT molecular complexity index is 456. The average molecular weight is 286 g/mol. The molecule has 0 aliphatic carbocycles. The predicted octanol–water partition coefficient (Wildman–Crippen LogP) is 4.14. The van der Waals surface area contributed by atoms with Gasteiger partial charge in [-0.2, -0.15) is 0 Å². The van der Waals surface area contributed by atoms with E-state index in [1.807, 2.05) is 6.07 Å². The van der Waals surface area contributed by atoms with E-state index in [-0.39, 0.29) is 6.04 Å². The van der Waals surface area contributed by atoms with Gasteiger partial charge < -0.3 is 5.73 Å². The summed E-state index contributed by atoms with van der Waals surface area (Å²) in [5.41, 5.74) is 9.46. The highest BCUT2D eigenvalue weighted by atomic mass is 15.1. The summed E-state index contributed by atoms with van der Waals surface area (Å²) in [6.45, 7) is 10.4. The Hall–Kier alpha value is -1.12. The molecule has 2 nitrogen and oxygen atoms in total. The molecule has 2 heteroatoms. The summed E-state index contributed by atoms with van der Waals surface area (Å²) < 4.78 is 0. The van der Waals surface area contributed by atoms with Gasteiger partial charge in [0.1, 0.15) is 0 Å². The van der Waals surface area contributed by atoms with E-state index in [9.17, 15) is 0 Å². The van der Waals surface area contributed by atoms with Crippen molar-refractivity contribution in [2.45, 2.75) is 46.1 Å². The van der Waals surface area contributed by atoms with Gasteiger partial charge in [0, 0.05) is 19.1 Å². The number of benzene rings is 1. The topological polar surface area (TPSA) is 29.3 Å². The molecule has 0 bridgehead atoms. The van der Waals surface area contributed by atoms with E-state index in [0.29, 0.717) is 5.41 Å². The molecular weight excluding hydrogens is 256 g/mol. The normalized spacial score (nSPS) is 18.4. The Kier molecular flexibility index (Phi) is 5.60. The van der Waals surface area contributed by atoms with Crippen LogP contribution >= 0.6 is 0 Å². The summed E-state index contributed by atoms with van der Waals surface area (Å²) in [4.78, 5) is 2.55. The van der Waals surface area contributed by atoms with Gasteiger partial charge in [-0.1, -0.05) is 62.8 Å². The Morgan fingerprint density at radius 2 is 1.90 bits per heavy atom. The predicted molar refractivity (Wildman–Crippen MR) is 91.2 cm³/mol. The van der Waals surface area contributed by atoms with E-state index in [1.54, 1.807) is 5.57 Å². The van der Waals surface area contributed by atoms with Crippen molar-refractivity contribution in [2.24, 2.45) is 11.1 Å². The van der Waals surface area contributed by atoms with Gasteiger partial charge >= 0.3 is 0 Å². The number of hydrogen-bond donors (Lipinski definition) is 1. The monoisotopic (exact) mass is 286 g/mol. The van der Waals surface area contributed by atoms with Crippen LogP contribution in [0.3, 0.4) is 0 Å². The molecule has 0 saturated carbocycles. The first-order chi connectivity index (χ1) is 9.97. The first-order valence-electron chi connectivity index (χ1n) is 8.19. The lowest BCUT2D eigenvalue weighted by Gasteiger charge is -2.32. The van der Waals surface area contributed by atoms with Crippen molar-refractivity contribution >= 4 is 0 Å². The number of rotatable bonds is 5. The number of hydrogen-bond acceptors (Lipinski definition) is 2. The zero-order valence-electron chi connectivity index (χ0n) is 13.8. The van der Waals surface area contributed by atoms with Crippen LogP contribution in [0.4, 0.5) is 0 Å². The molecule has 1 unspecified atom stereocenters. The molecule has 2 rings (SSSR count). The van der Waals surface area contributed by atoms with E-state index in [4.69, 9.17) is 5.73 Å². The van der Waals surface area contributed by atoms with E-state index < -0.39 is 0 Å². The first-order valence-corrected chi connectivity index (χ1v) is 8.19. The third-order valence-electron chi connectivity index (χ3n) is 4.47. The molecule has 0 spiro atoms. The molecule has 1 aromatic rings. The van der Waals surface area contributed by atoms with E-state index >= 15 is 0 Å². The smallest absolute Gasteiger partial charge is 0.0295 e. The summed E-state index contributed by atoms with van der Waals surface area (Å²) in [6.07, 6.45) is 5.89. The van der Waals surface area contributed by atoms with Crippen LogP contribution in [0, 0.1) is 5.41 Å². The fourth-order valence-electron chi connectivity index (χ4n) is 3.00. The van der Waals surface area contributed by atoms with Crippen molar-refractivity contribution in [1.82, 2.24) is 4.90 Å². The maximum atomic E-state index is 6.26. The lowest BCUT2D eigenvalue weighted by molar-refractivity contribution is 0.271. The molecule has 1 atom stereocenters. The fourth-order valence-corrected chi connectivity index (χ4v) is 3.00. The third-order valence-corrected chi connectivity index (χ3v) is 4.47. The van der Waals surface area contributed by atoms with Crippen LogP contribution in [-0.4, -0.2) is 24.5 Å². The van der Waals surface area contributed by atoms with Gasteiger partial charge in [0.05, 0.1) is 0 Å². The van der Waals surface area contributed by atoms with Crippen LogP contribution in [0.1, 0.15) is 51.6 Å². The van der Waals surface area contributed by atoms with E-state index in [1.165, 1.54) is 24.9 Å². The van der Waals surface area contributed by atoms with Gasteiger partial charge in [-0.05, 0) is 36.8 Å². The minimum atomic E-state index is 0.177. The van der Waals surface area contributed by atoms with Crippen molar-refractivity contribution < 1.29 is 0 Å². The molecule has 1 aliphatic rings. The molecule has 21 heavy (non-hydrogen) atoms. The molecule has 116 valence electrons. The standard InChI is InChI=1S/C19H30N2/c1-19(2,3)17-11-14-21(15-12-17)13-7-10-18(20)16-8-5-4-6-9-16/h4-6,8-9,11,18H,7,10,12-15,20H2,1-3H3. The maximum absolute atomic E-state index is 6.26. The Labute approximate surface area is 130 Å². The second-order valence-corrected chi connectivity index (χ2v) is 7.19. The van der Waals surface area contributed by atoms with E-state index in [2.05, 4.69) is 56.0 Å². The molecule has 0 radical (unpaired) electrons. The highest BCUT2D eigenvalue weighted by molar-refractivity contribution is 5.18. The minimum absolute atomic E-state index is 0.177. The summed E-state index contributed by atoms with van der Waals surface area (Å²) in [5, 5.41) is 0. The lowest BCUT2D eigenvalue weighted by atomic mass is 9.83. The summed E-state index contributed by atoms with van der Waals surface area (Å²) >= 11 is 0. The lowest BCUT2D eigenvalue weighted by Crippen LogP contribution is -2.32. The van der Waals surface area contributed by atoms with Crippen molar-refractivity contribution in [3.8, 4) is 0 Å². The zero-order valence-corrected chi connectivity index (χ0v) is 13.8. The third kappa shape index (κ3) is 4.98. The minimum Gasteiger partial charge on any atom is -0.324 e. The van der Waals surface area contributed by atoms with Gasteiger partial charge in [-0.25, -0.2) is 0 Å². The Balaban J connectivity index is 1.72. The summed E-state index contributed by atoms with van der Waals surface area (Å²) in [6, 6.07) is 10.6. The zero-order chi connectivity index (χ0) is 15.3. The summed E-state index contributed by atoms with van der Waals surface area (Å²) in [5.74, 6) is 0. The van der Waals surface area contributed by atoms with Gasteiger partial charge in [0.25, 0.3) is 0 Å². The van der Waals surface area contributed by atoms with Gasteiger partial charge in [-0.15, -0.1) is 0 Å². The molecule has 1 aliphatic heterocycles. The van der Waals surface area contributed by atoms with Gasteiger partial charge in [0.2, 0.25) is 0 Å². The van der Waals surface area contributed by atoms with Crippen LogP contribution < -0.4 is 5.73 Å². The molecule has 0 amide bonds. The van der Waals surface area contributed by atoms with Crippen LogP contribution in [0.15, 0.2) is 42.0 Å². The van der Waals surface area contributed by atoms with Crippen molar-refractivity contribution in [1.29, 1.82) is 0 Å². The molecule has 0 fully saturated rings. The van der Waals surface area contributed by atoms with Crippen LogP contribution in [0.5, 0.6) is 0 Å². The molecular formula is C19H30N2. The Morgan fingerprint density at radius 1 is 1.19 bits per heavy atom. The SMILES string of the molecule is CC(C)(C)C1=CCN(CCCC(N)c2ccccc2)CC1. The van der Waals surface area contributed by atoms with Crippen molar-refractivity contribution in [3.63, 3.8) is 0 Å². The van der Waals surface area contributed by atoms with E-state index in [0.717, 1.165) is 19.5 Å². The Morgan fingerprint density at radius 3 is 2.48 bits per heavy atom. The van der Waals surface area contributed by atoms with Crippen LogP contribution in [0.25, 0.3) is 0 Å². The van der Waals surface area contributed by atoms with Crippen molar-refractivity contribution in [3.05, 3.63) is 47.5 Å². The molecule has 2 N–H and O–H groups in total. The second-order valence-electron chi connectivity index (χ2n) is 7.19. The highest BCUT2D eigenvalue weighted by Gasteiger charge is 2.21. The van der Waals surface area contributed by atoms with Crippen LogP contribution in [-0.2, 0) is 0 Å². The fraction of sp³-hybridized carbons (Fsp3) is 0.579. The second kappa shape index (κ2) is 7.24. The average Bonchev–Trinajstić information content (AvgIpc) is 2.47. The van der Waals surface area contributed by atoms with Gasteiger partial charge in [-0.3, -0.25) is 4.90 Å². The number of nitrogens with two attached hydrogens (primary N) is 1. The van der Waals surface area contributed by atoms with Crippen LogP contribution in [0.2, 0.25) is 0 Å². The van der Waals surface area contributed by atoms with Gasteiger partial charge in [0.15, 0.2) is 0 Å². The summed E-state index contributed by atoms with van der Waals surface area (Å²) in [7, 11) is 0. The number of nitrogens with zero attached hydrogens (tertiary/aromatic N) is 1. The van der Waals surface area contributed by atoms with Crippen molar-refractivity contribution in [2.75, 3.05) is 19.6 Å². The molecule has 1 heterocycles. The first kappa shape index (κ1) is 16.3. The largest absolute Gasteiger partial charge is 0.324 e. The molecule has 0 saturated heterocycles. The maximum Gasteiger partial charge on any atom is 0.0295 e. The molecule has 1 aromatic carbocycles.